The molecule has 0 spiro atoms. The topological polar surface area (TPSA) is 78.9 Å². The van der Waals surface area contributed by atoms with Crippen molar-refractivity contribution in [3.63, 3.8) is 0 Å². The van der Waals surface area contributed by atoms with E-state index in [0.717, 1.165) is 32.4 Å². The quantitative estimate of drug-likeness (QED) is 0.443. The molecule has 1 unspecified atom stereocenters. The lowest BCUT2D eigenvalue weighted by Crippen LogP contribution is -2.35. The molecular formula is C18H36N2O4. The Bertz CT molecular complexity index is 337. The molecule has 0 bridgehead atoms. The molecule has 0 saturated heterocycles. The normalized spacial score (nSPS) is 12.2. The van der Waals surface area contributed by atoms with Crippen molar-refractivity contribution in [3.05, 3.63) is 0 Å². The number of hydrogen-bond donors (Lipinski definition) is 2. The number of nitrogens with zero attached hydrogens (tertiary/aromatic N) is 1. The highest BCUT2D eigenvalue weighted by Crippen LogP contribution is 2.14. The van der Waals surface area contributed by atoms with Crippen LogP contribution >= 0.6 is 0 Å². The van der Waals surface area contributed by atoms with Gasteiger partial charge in [0.25, 0.3) is 0 Å². The van der Waals surface area contributed by atoms with E-state index in [2.05, 4.69) is 24.1 Å². The van der Waals surface area contributed by atoms with Gasteiger partial charge in [0.2, 0.25) is 0 Å². The van der Waals surface area contributed by atoms with E-state index in [1.54, 1.807) is 0 Å². The summed E-state index contributed by atoms with van der Waals surface area (Å²) in [6, 6.07) is 0. The van der Waals surface area contributed by atoms with Gasteiger partial charge in [-0.05, 0) is 32.9 Å². The molecule has 0 aliphatic carbocycles. The first-order chi connectivity index (χ1) is 11.5. The van der Waals surface area contributed by atoms with Crippen molar-refractivity contribution in [2.45, 2.75) is 77.7 Å². The summed E-state index contributed by atoms with van der Waals surface area (Å²) in [5.74, 6) is -0.850. The maximum Gasteiger partial charge on any atom is 0.407 e. The Morgan fingerprint density at radius 3 is 2.38 bits per heavy atom. The first-order valence-corrected chi connectivity index (χ1v) is 9.34. The highest BCUT2D eigenvalue weighted by molar-refractivity contribution is 5.68. The number of nitrogens with one attached hydrogen (secondary N) is 1. The third-order valence-electron chi connectivity index (χ3n) is 4.14. The molecule has 0 aromatic rings. The SMILES string of the molecule is CCCCCCCCC(CCC(=O)O)OC(=O)NCCN(C)CC. The molecule has 24 heavy (non-hydrogen) atoms. The largest absolute Gasteiger partial charge is 0.481 e. The lowest BCUT2D eigenvalue weighted by Gasteiger charge is -2.19. The molecule has 2 N–H and O–H groups in total. The third kappa shape index (κ3) is 14.3. The minimum atomic E-state index is -0.850. The number of amides is 1. The van der Waals surface area contributed by atoms with Crippen molar-refractivity contribution in [2.75, 3.05) is 26.7 Å². The second-order valence-corrected chi connectivity index (χ2v) is 6.34. The van der Waals surface area contributed by atoms with Gasteiger partial charge in [0.15, 0.2) is 0 Å². The summed E-state index contributed by atoms with van der Waals surface area (Å²) in [6.45, 7) is 6.47. The van der Waals surface area contributed by atoms with E-state index in [9.17, 15) is 9.59 Å². The van der Waals surface area contributed by atoms with E-state index in [-0.39, 0.29) is 12.5 Å². The van der Waals surface area contributed by atoms with Crippen LogP contribution in [0.4, 0.5) is 4.79 Å². The van der Waals surface area contributed by atoms with Gasteiger partial charge in [0, 0.05) is 19.5 Å². The summed E-state index contributed by atoms with van der Waals surface area (Å²) in [5, 5.41) is 11.6. The molecule has 0 aliphatic rings. The minimum Gasteiger partial charge on any atom is -0.481 e. The number of rotatable bonds is 15. The first kappa shape index (κ1) is 22.7. The average molecular weight is 344 g/mol. The summed E-state index contributed by atoms with van der Waals surface area (Å²) in [4.78, 5) is 24.7. The van der Waals surface area contributed by atoms with Gasteiger partial charge >= 0.3 is 12.1 Å². The van der Waals surface area contributed by atoms with Gasteiger partial charge in [0.1, 0.15) is 6.10 Å². The van der Waals surface area contributed by atoms with Crippen LogP contribution in [0.5, 0.6) is 0 Å². The lowest BCUT2D eigenvalue weighted by atomic mass is 10.0. The van der Waals surface area contributed by atoms with Gasteiger partial charge in [0.05, 0.1) is 0 Å². The molecule has 142 valence electrons. The molecule has 0 aromatic heterocycles. The summed E-state index contributed by atoms with van der Waals surface area (Å²) < 4.78 is 5.41. The Hall–Kier alpha value is -1.30. The Morgan fingerprint density at radius 1 is 1.08 bits per heavy atom. The third-order valence-corrected chi connectivity index (χ3v) is 4.14. The molecule has 0 heterocycles. The summed E-state index contributed by atoms with van der Waals surface area (Å²) >= 11 is 0. The van der Waals surface area contributed by atoms with Gasteiger partial charge in [-0.1, -0.05) is 46.0 Å². The van der Waals surface area contributed by atoms with Crippen LogP contribution in [0.25, 0.3) is 0 Å². The van der Waals surface area contributed by atoms with E-state index >= 15 is 0 Å². The van der Waals surface area contributed by atoms with Crippen molar-refractivity contribution < 1.29 is 19.4 Å². The molecule has 1 amide bonds. The van der Waals surface area contributed by atoms with E-state index in [0.29, 0.717) is 13.0 Å². The fraction of sp³-hybridized carbons (Fsp3) is 0.889. The maximum absolute atomic E-state index is 11.8. The van der Waals surface area contributed by atoms with Crippen molar-refractivity contribution in [1.82, 2.24) is 10.2 Å². The van der Waals surface area contributed by atoms with Gasteiger partial charge in [-0.2, -0.15) is 0 Å². The predicted octanol–water partition coefficient (Wildman–Crippen LogP) is 3.65. The predicted molar refractivity (Wildman–Crippen MR) is 96.3 cm³/mol. The first-order valence-electron chi connectivity index (χ1n) is 9.34. The molecule has 1 atom stereocenters. The van der Waals surface area contributed by atoms with E-state index in [1.807, 2.05) is 7.05 Å². The fourth-order valence-electron chi connectivity index (χ4n) is 2.40. The molecule has 0 rings (SSSR count). The summed E-state index contributed by atoms with van der Waals surface area (Å²) in [7, 11) is 1.99. The molecule has 0 radical (unpaired) electrons. The smallest absolute Gasteiger partial charge is 0.407 e. The molecule has 0 aromatic carbocycles. The Morgan fingerprint density at radius 2 is 1.75 bits per heavy atom. The fourth-order valence-corrected chi connectivity index (χ4v) is 2.40. The van der Waals surface area contributed by atoms with Crippen molar-refractivity contribution in [1.29, 1.82) is 0 Å². The van der Waals surface area contributed by atoms with Crippen LogP contribution in [-0.2, 0) is 9.53 Å². The van der Waals surface area contributed by atoms with E-state index in [1.165, 1.54) is 25.7 Å². The number of carbonyl (C=O) groups excluding carboxylic acids is 1. The summed E-state index contributed by atoms with van der Waals surface area (Å²) in [5.41, 5.74) is 0. The van der Waals surface area contributed by atoms with Crippen LogP contribution in [0.1, 0.15) is 71.6 Å². The monoisotopic (exact) mass is 344 g/mol. The number of hydrogen-bond acceptors (Lipinski definition) is 4. The van der Waals surface area contributed by atoms with Gasteiger partial charge in [-0.25, -0.2) is 4.79 Å². The Labute approximate surface area is 146 Å². The number of carboxylic acids is 1. The highest BCUT2D eigenvalue weighted by atomic mass is 16.6. The summed E-state index contributed by atoms with van der Waals surface area (Å²) in [6.07, 6.45) is 7.39. The van der Waals surface area contributed by atoms with Crippen molar-refractivity contribution in [3.8, 4) is 0 Å². The average Bonchev–Trinajstić information content (AvgIpc) is 2.55. The Kier molecular flexibility index (Phi) is 14.4. The Balaban J connectivity index is 4.04. The molecule has 0 aliphatic heterocycles. The number of carboxylic acid groups (broad SMARTS) is 1. The number of carbonyl (C=O) groups is 2. The maximum atomic E-state index is 11.8. The second kappa shape index (κ2) is 15.2. The van der Waals surface area contributed by atoms with Crippen LogP contribution in [0.15, 0.2) is 0 Å². The number of aliphatic carboxylic acids is 1. The number of ether oxygens (including phenoxy) is 1. The minimum absolute atomic E-state index is 0.0341. The van der Waals surface area contributed by atoms with E-state index in [4.69, 9.17) is 9.84 Å². The number of unbranched alkanes of at least 4 members (excludes halogenated alkanes) is 5. The van der Waals surface area contributed by atoms with Crippen molar-refractivity contribution in [2.24, 2.45) is 0 Å². The zero-order chi connectivity index (χ0) is 18.2. The van der Waals surface area contributed by atoms with Gasteiger partial charge < -0.3 is 20.1 Å². The lowest BCUT2D eigenvalue weighted by molar-refractivity contribution is -0.137. The molecule has 6 heteroatoms. The molecule has 0 fully saturated rings. The zero-order valence-electron chi connectivity index (χ0n) is 15.7. The van der Waals surface area contributed by atoms with Gasteiger partial charge in [-0.15, -0.1) is 0 Å². The van der Waals surface area contributed by atoms with Crippen LogP contribution in [0, 0.1) is 0 Å². The highest BCUT2D eigenvalue weighted by Gasteiger charge is 2.15. The number of alkyl carbamates (subject to hydrolysis) is 1. The van der Waals surface area contributed by atoms with Crippen LogP contribution in [-0.4, -0.2) is 54.9 Å². The standard InChI is InChI=1S/C18H36N2O4/c1-4-6-7-8-9-10-11-16(12-13-17(21)22)24-18(23)19-14-15-20(3)5-2/h16H,4-15H2,1-3H3,(H,19,23)(H,21,22). The van der Waals surface area contributed by atoms with Crippen LogP contribution in [0.2, 0.25) is 0 Å². The molecule has 6 nitrogen and oxygen atoms in total. The second-order valence-electron chi connectivity index (χ2n) is 6.34. The van der Waals surface area contributed by atoms with Gasteiger partial charge in [-0.3, -0.25) is 4.79 Å². The molecule has 0 saturated carbocycles. The zero-order valence-corrected chi connectivity index (χ0v) is 15.7. The van der Waals surface area contributed by atoms with Crippen LogP contribution < -0.4 is 5.32 Å². The van der Waals surface area contributed by atoms with Crippen LogP contribution in [0.3, 0.4) is 0 Å². The molecular weight excluding hydrogens is 308 g/mol. The van der Waals surface area contributed by atoms with Crippen molar-refractivity contribution >= 4 is 12.1 Å². The van der Waals surface area contributed by atoms with E-state index < -0.39 is 12.1 Å². The number of likely N-dealkylation sites (N-methyl/N-ethyl adjacent to an activating group) is 1.